The van der Waals surface area contributed by atoms with Crippen molar-refractivity contribution in [1.29, 1.82) is 0 Å². The van der Waals surface area contributed by atoms with Crippen molar-refractivity contribution in [3.8, 4) is 0 Å². The van der Waals surface area contributed by atoms with E-state index in [0.717, 1.165) is 32.7 Å². The van der Waals surface area contributed by atoms with Crippen molar-refractivity contribution in [2.24, 2.45) is 0 Å². The van der Waals surface area contributed by atoms with Gasteiger partial charge in [0, 0.05) is 61.4 Å². The summed E-state index contributed by atoms with van der Waals surface area (Å²) in [5.74, 6) is -0.297. The van der Waals surface area contributed by atoms with Crippen LogP contribution in [0, 0.1) is 10.1 Å². The molecule has 7 nitrogen and oxygen atoms in total. The lowest BCUT2D eigenvalue weighted by Crippen LogP contribution is -2.46. The van der Waals surface area contributed by atoms with E-state index in [4.69, 9.17) is 0 Å². The predicted molar refractivity (Wildman–Crippen MR) is 89.7 cm³/mol. The first-order valence-corrected chi connectivity index (χ1v) is 7.52. The van der Waals surface area contributed by atoms with E-state index in [0.29, 0.717) is 11.0 Å². The molecule has 2 rings (SSSR count). The van der Waals surface area contributed by atoms with Crippen molar-refractivity contribution in [3.63, 3.8) is 0 Å². The molecule has 122 valence electrons. The molecule has 0 unspecified atom stereocenters. The first-order valence-electron chi connectivity index (χ1n) is 6.72. The SMILES string of the molecule is Cl.O=C(NCCN1CCNCC1)c1cc(Br)cc([N+](=O)[O-])c1. The fourth-order valence-electron chi connectivity index (χ4n) is 2.18. The lowest BCUT2D eigenvalue weighted by atomic mass is 10.2. The van der Waals surface area contributed by atoms with Gasteiger partial charge in [-0.25, -0.2) is 0 Å². The van der Waals surface area contributed by atoms with Crippen LogP contribution in [0.2, 0.25) is 0 Å². The molecular weight excluding hydrogens is 376 g/mol. The van der Waals surface area contributed by atoms with Gasteiger partial charge in [-0.05, 0) is 6.07 Å². The Labute approximate surface area is 143 Å². The second kappa shape index (κ2) is 9.04. The van der Waals surface area contributed by atoms with Gasteiger partial charge in [0.15, 0.2) is 0 Å². The molecule has 1 saturated heterocycles. The summed E-state index contributed by atoms with van der Waals surface area (Å²) in [5.41, 5.74) is 0.188. The number of nitrogens with one attached hydrogen (secondary N) is 2. The van der Waals surface area contributed by atoms with Crippen LogP contribution in [0.1, 0.15) is 10.4 Å². The molecule has 2 N–H and O–H groups in total. The third-order valence-electron chi connectivity index (χ3n) is 3.28. The maximum absolute atomic E-state index is 12.0. The molecule has 1 aliphatic heterocycles. The normalized spacial score (nSPS) is 15.0. The Morgan fingerprint density at radius 1 is 1.36 bits per heavy atom. The number of nitro groups is 1. The summed E-state index contributed by atoms with van der Waals surface area (Å²) >= 11 is 3.18. The molecule has 1 fully saturated rings. The van der Waals surface area contributed by atoms with Crippen LogP contribution >= 0.6 is 28.3 Å². The van der Waals surface area contributed by atoms with Gasteiger partial charge in [-0.15, -0.1) is 12.4 Å². The number of nitro benzene ring substituents is 1. The number of piperazine rings is 1. The molecule has 1 aliphatic rings. The number of carbonyl (C=O) groups excluding carboxylic acids is 1. The Morgan fingerprint density at radius 2 is 2.05 bits per heavy atom. The minimum absolute atomic E-state index is 0. The molecule has 0 aromatic heterocycles. The second-order valence-corrected chi connectivity index (χ2v) is 5.72. The van der Waals surface area contributed by atoms with Crippen LogP contribution in [-0.2, 0) is 0 Å². The summed E-state index contributed by atoms with van der Waals surface area (Å²) in [5, 5.41) is 16.8. The maximum Gasteiger partial charge on any atom is 0.271 e. The van der Waals surface area contributed by atoms with Gasteiger partial charge in [0.25, 0.3) is 11.6 Å². The van der Waals surface area contributed by atoms with Gasteiger partial charge in [0.2, 0.25) is 0 Å². The van der Waals surface area contributed by atoms with Gasteiger partial charge in [-0.3, -0.25) is 19.8 Å². The van der Waals surface area contributed by atoms with Crippen molar-refractivity contribution >= 4 is 39.9 Å². The van der Waals surface area contributed by atoms with Crippen LogP contribution in [0.4, 0.5) is 5.69 Å². The molecule has 22 heavy (non-hydrogen) atoms. The Morgan fingerprint density at radius 3 is 2.68 bits per heavy atom. The Bertz CT molecular complexity index is 538. The number of halogens is 2. The van der Waals surface area contributed by atoms with Crippen LogP contribution < -0.4 is 10.6 Å². The second-order valence-electron chi connectivity index (χ2n) is 4.80. The van der Waals surface area contributed by atoms with E-state index >= 15 is 0 Å². The monoisotopic (exact) mass is 392 g/mol. The number of hydrogen-bond donors (Lipinski definition) is 2. The maximum atomic E-state index is 12.0. The van der Waals surface area contributed by atoms with Gasteiger partial charge in [-0.1, -0.05) is 15.9 Å². The van der Waals surface area contributed by atoms with E-state index in [1.54, 1.807) is 6.07 Å². The summed E-state index contributed by atoms with van der Waals surface area (Å²) in [6.45, 7) is 5.18. The summed E-state index contributed by atoms with van der Waals surface area (Å²) in [6.07, 6.45) is 0. The minimum Gasteiger partial charge on any atom is -0.351 e. The zero-order valence-corrected chi connectivity index (χ0v) is 14.3. The third kappa shape index (κ3) is 5.53. The van der Waals surface area contributed by atoms with E-state index in [2.05, 4.69) is 31.5 Å². The number of benzene rings is 1. The number of amides is 1. The molecular formula is C13H18BrClN4O3. The van der Waals surface area contributed by atoms with E-state index in [9.17, 15) is 14.9 Å². The van der Waals surface area contributed by atoms with Crippen LogP contribution in [0.5, 0.6) is 0 Å². The Hall–Kier alpha value is -1.22. The van der Waals surface area contributed by atoms with Crippen molar-refractivity contribution in [1.82, 2.24) is 15.5 Å². The molecule has 0 radical (unpaired) electrons. The number of hydrogen-bond acceptors (Lipinski definition) is 5. The largest absolute Gasteiger partial charge is 0.351 e. The zero-order valence-electron chi connectivity index (χ0n) is 11.9. The van der Waals surface area contributed by atoms with Crippen LogP contribution in [-0.4, -0.2) is 55.0 Å². The highest BCUT2D eigenvalue weighted by Crippen LogP contribution is 2.21. The summed E-state index contributed by atoms with van der Waals surface area (Å²) in [7, 11) is 0. The zero-order chi connectivity index (χ0) is 15.2. The van der Waals surface area contributed by atoms with Gasteiger partial charge < -0.3 is 10.6 Å². The number of carbonyl (C=O) groups is 1. The molecule has 0 aliphatic carbocycles. The molecule has 0 atom stereocenters. The molecule has 0 spiro atoms. The molecule has 1 aromatic rings. The first kappa shape index (κ1) is 18.8. The van der Waals surface area contributed by atoms with Crippen LogP contribution in [0.25, 0.3) is 0 Å². The van der Waals surface area contributed by atoms with Crippen LogP contribution in [0.15, 0.2) is 22.7 Å². The molecule has 0 bridgehead atoms. The molecule has 1 amide bonds. The van der Waals surface area contributed by atoms with Crippen molar-refractivity contribution in [3.05, 3.63) is 38.3 Å². The van der Waals surface area contributed by atoms with Gasteiger partial charge in [-0.2, -0.15) is 0 Å². The fraction of sp³-hybridized carbons (Fsp3) is 0.462. The summed E-state index contributed by atoms with van der Waals surface area (Å²) in [4.78, 5) is 24.6. The fourth-order valence-corrected chi connectivity index (χ4v) is 2.66. The highest BCUT2D eigenvalue weighted by atomic mass is 79.9. The minimum atomic E-state index is -0.512. The quantitative estimate of drug-likeness (QED) is 0.583. The summed E-state index contributed by atoms with van der Waals surface area (Å²) < 4.78 is 0.518. The van der Waals surface area contributed by atoms with E-state index < -0.39 is 4.92 Å². The van der Waals surface area contributed by atoms with E-state index in [1.807, 2.05) is 0 Å². The highest BCUT2D eigenvalue weighted by Gasteiger charge is 2.14. The molecule has 9 heteroatoms. The average molecular weight is 394 g/mol. The molecule has 1 aromatic carbocycles. The van der Waals surface area contributed by atoms with Crippen molar-refractivity contribution < 1.29 is 9.72 Å². The van der Waals surface area contributed by atoms with E-state index in [1.165, 1.54) is 12.1 Å². The standard InChI is InChI=1S/C13H17BrN4O3.ClH/c14-11-7-10(8-12(9-11)18(20)21)13(19)16-3-6-17-4-1-15-2-5-17;/h7-9,15H,1-6H2,(H,16,19);1H. The Balaban J connectivity index is 0.00000242. The van der Waals surface area contributed by atoms with Crippen LogP contribution in [0.3, 0.4) is 0 Å². The van der Waals surface area contributed by atoms with Gasteiger partial charge in [0.1, 0.15) is 0 Å². The lowest BCUT2D eigenvalue weighted by Gasteiger charge is -2.27. The third-order valence-corrected chi connectivity index (χ3v) is 3.74. The topological polar surface area (TPSA) is 87.5 Å². The number of rotatable bonds is 5. The number of non-ortho nitro benzene ring substituents is 1. The molecule has 0 saturated carbocycles. The first-order chi connectivity index (χ1) is 10.1. The van der Waals surface area contributed by atoms with Gasteiger partial charge in [0.05, 0.1) is 4.92 Å². The highest BCUT2D eigenvalue weighted by molar-refractivity contribution is 9.10. The van der Waals surface area contributed by atoms with Crippen molar-refractivity contribution in [2.75, 3.05) is 39.3 Å². The van der Waals surface area contributed by atoms with E-state index in [-0.39, 0.29) is 29.6 Å². The van der Waals surface area contributed by atoms with Crippen molar-refractivity contribution in [2.45, 2.75) is 0 Å². The lowest BCUT2D eigenvalue weighted by molar-refractivity contribution is -0.385. The predicted octanol–water partition coefficient (Wildman–Crippen LogP) is 1.41. The molecule has 1 heterocycles. The van der Waals surface area contributed by atoms with Gasteiger partial charge >= 0.3 is 0 Å². The smallest absolute Gasteiger partial charge is 0.271 e. The average Bonchev–Trinajstić information content (AvgIpc) is 2.47. The number of nitrogens with zero attached hydrogens (tertiary/aromatic N) is 2. The summed E-state index contributed by atoms with van der Waals surface area (Å²) in [6, 6.07) is 4.23. The Kier molecular flexibility index (Phi) is 7.74.